The normalized spacial score (nSPS) is 38.5. The van der Waals surface area contributed by atoms with Gasteiger partial charge in [-0.2, -0.15) is 0 Å². The summed E-state index contributed by atoms with van der Waals surface area (Å²) in [5.41, 5.74) is 0. The van der Waals surface area contributed by atoms with Crippen LogP contribution in [0.25, 0.3) is 0 Å². The summed E-state index contributed by atoms with van der Waals surface area (Å²) in [6.07, 6.45) is 7.37. The number of rotatable bonds is 1. The summed E-state index contributed by atoms with van der Waals surface area (Å²) in [7, 11) is 0. The minimum atomic E-state index is -0.585. The fourth-order valence-electron chi connectivity index (χ4n) is 0.747. The molecule has 0 aromatic heterocycles. The van der Waals surface area contributed by atoms with Crippen molar-refractivity contribution in [1.82, 2.24) is 0 Å². The second-order valence-corrected chi connectivity index (χ2v) is 3.65. The van der Waals surface area contributed by atoms with Gasteiger partial charge in [0, 0.05) is 5.88 Å². The molecule has 0 bridgehead atoms. The molecule has 1 aliphatic carbocycles. The van der Waals surface area contributed by atoms with Gasteiger partial charge in [-0.05, 0) is 0 Å². The van der Waals surface area contributed by atoms with E-state index in [0.717, 1.165) is 0 Å². The van der Waals surface area contributed by atoms with Gasteiger partial charge in [0.2, 0.25) is 0 Å². The van der Waals surface area contributed by atoms with Gasteiger partial charge in [0.25, 0.3) is 0 Å². The predicted molar refractivity (Wildman–Crippen MR) is 47.2 cm³/mol. The highest BCUT2D eigenvalue weighted by atomic mass is 35.5. The first-order valence-electron chi connectivity index (χ1n) is 2.94. The second kappa shape index (κ2) is 3.17. The van der Waals surface area contributed by atoms with E-state index in [2.05, 4.69) is 0 Å². The van der Waals surface area contributed by atoms with Crippen LogP contribution < -0.4 is 0 Å². The molecule has 1 aliphatic rings. The molecule has 0 heterocycles. The van der Waals surface area contributed by atoms with Gasteiger partial charge in [-0.15, -0.1) is 34.8 Å². The minimum absolute atomic E-state index is 0.198. The zero-order valence-electron chi connectivity index (χ0n) is 5.23. The van der Waals surface area contributed by atoms with Crippen molar-refractivity contribution in [3.63, 3.8) is 0 Å². The van der Waals surface area contributed by atoms with E-state index in [9.17, 15) is 0 Å². The zero-order chi connectivity index (χ0) is 7.61. The number of halogens is 3. The molecule has 0 saturated carbocycles. The van der Waals surface area contributed by atoms with Crippen LogP contribution in [0, 0.1) is 0 Å². The van der Waals surface area contributed by atoms with Gasteiger partial charge < -0.3 is 0 Å². The van der Waals surface area contributed by atoms with Gasteiger partial charge in [-0.25, -0.2) is 0 Å². The molecule has 0 N–H and O–H groups in total. The molecule has 0 saturated heterocycles. The highest BCUT2D eigenvalue weighted by Crippen LogP contribution is 2.31. The topological polar surface area (TPSA) is 0 Å². The molecule has 0 amide bonds. The van der Waals surface area contributed by atoms with Gasteiger partial charge in [-0.3, -0.25) is 0 Å². The molecule has 0 fully saturated rings. The predicted octanol–water partition coefficient (Wildman–Crippen LogP) is 2.94. The quantitative estimate of drug-likeness (QED) is 0.567. The zero-order valence-corrected chi connectivity index (χ0v) is 7.50. The Morgan fingerprint density at radius 1 is 1.40 bits per heavy atom. The molecule has 0 aromatic carbocycles. The summed E-state index contributed by atoms with van der Waals surface area (Å²) >= 11 is 17.5. The van der Waals surface area contributed by atoms with Crippen molar-refractivity contribution in [3.05, 3.63) is 24.3 Å². The highest BCUT2D eigenvalue weighted by molar-refractivity contribution is 6.38. The van der Waals surface area contributed by atoms with Gasteiger partial charge in [0.05, 0.1) is 10.3 Å². The first-order valence-corrected chi connectivity index (χ1v) is 4.29. The third-order valence-electron chi connectivity index (χ3n) is 1.43. The smallest absolute Gasteiger partial charge is 0.0962 e. The standard InChI is InChI=1S/C7H7Cl3/c8-5-7(10)4-2-1-3-6(7)9/h1-4,6H,5H2. The molecule has 1 rings (SSSR count). The van der Waals surface area contributed by atoms with Crippen LogP contribution in [0.5, 0.6) is 0 Å². The van der Waals surface area contributed by atoms with E-state index in [0.29, 0.717) is 5.88 Å². The third-order valence-corrected chi connectivity index (χ3v) is 3.15. The SMILES string of the molecule is ClCC1(Cl)C=CC=CC1Cl. The molecule has 10 heavy (non-hydrogen) atoms. The van der Waals surface area contributed by atoms with E-state index in [1.165, 1.54) is 0 Å². The summed E-state index contributed by atoms with van der Waals surface area (Å²) < 4.78 is 0. The van der Waals surface area contributed by atoms with Crippen LogP contribution >= 0.6 is 34.8 Å². The molecule has 0 aromatic rings. The fraction of sp³-hybridized carbons (Fsp3) is 0.429. The third kappa shape index (κ3) is 1.50. The van der Waals surface area contributed by atoms with E-state index in [1.807, 2.05) is 24.3 Å². The van der Waals surface area contributed by atoms with Crippen molar-refractivity contribution >= 4 is 34.8 Å². The molecule has 2 unspecified atom stereocenters. The van der Waals surface area contributed by atoms with E-state index in [4.69, 9.17) is 34.8 Å². The van der Waals surface area contributed by atoms with Crippen LogP contribution in [0.2, 0.25) is 0 Å². The molecule has 3 heteroatoms. The van der Waals surface area contributed by atoms with Crippen LogP contribution in [-0.2, 0) is 0 Å². The molecular weight excluding hydrogens is 190 g/mol. The lowest BCUT2D eigenvalue weighted by molar-refractivity contribution is 0.798. The molecule has 0 nitrogen and oxygen atoms in total. The van der Waals surface area contributed by atoms with Crippen molar-refractivity contribution in [2.45, 2.75) is 10.3 Å². The van der Waals surface area contributed by atoms with E-state index in [-0.39, 0.29) is 5.38 Å². The molecule has 0 aliphatic heterocycles. The summed E-state index contributed by atoms with van der Waals surface area (Å²) in [6, 6.07) is 0. The lowest BCUT2D eigenvalue weighted by Crippen LogP contribution is -2.32. The summed E-state index contributed by atoms with van der Waals surface area (Å²) in [5, 5.41) is -0.198. The Balaban J connectivity index is 2.77. The molecule has 0 spiro atoms. The Bertz CT molecular complexity index is 174. The summed E-state index contributed by atoms with van der Waals surface area (Å²) in [5.74, 6) is 0.337. The van der Waals surface area contributed by atoms with E-state index in [1.54, 1.807) is 0 Å². The molecule has 56 valence electrons. The van der Waals surface area contributed by atoms with E-state index >= 15 is 0 Å². The molecule has 2 atom stereocenters. The average molecular weight is 197 g/mol. The minimum Gasteiger partial charge on any atom is -0.124 e. The van der Waals surface area contributed by atoms with Gasteiger partial charge in [0.15, 0.2) is 0 Å². The first kappa shape index (κ1) is 8.45. The lowest BCUT2D eigenvalue weighted by atomic mass is 10.0. The van der Waals surface area contributed by atoms with Gasteiger partial charge in [-0.1, -0.05) is 24.3 Å². The molecule has 0 radical (unpaired) electrons. The van der Waals surface area contributed by atoms with Gasteiger partial charge >= 0.3 is 0 Å². The second-order valence-electron chi connectivity index (χ2n) is 2.21. The monoisotopic (exact) mass is 196 g/mol. The van der Waals surface area contributed by atoms with Crippen LogP contribution in [-0.4, -0.2) is 16.1 Å². The number of allylic oxidation sites excluding steroid dienone is 4. The van der Waals surface area contributed by atoms with Crippen molar-refractivity contribution in [2.75, 3.05) is 5.88 Å². The number of hydrogen-bond donors (Lipinski definition) is 0. The number of alkyl halides is 3. The Morgan fingerprint density at radius 2 is 2.10 bits per heavy atom. The summed E-state index contributed by atoms with van der Waals surface area (Å²) in [6.45, 7) is 0. The molecular formula is C7H7Cl3. The Labute approximate surface area is 75.5 Å². The largest absolute Gasteiger partial charge is 0.124 e. The Morgan fingerprint density at radius 3 is 2.50 bits per heavy atom. The van der Waals surface area contributed by atoms with Gasteiger partial charge in [0.1, 0.15) is 0 Å². The van der Waals surface area contributed by atoms with Crippen LogP contribution in [0.3, 0.4) is 0 Å². The van der Waals surface area contributed by atoms with Crippen LogP contribution in [0.4, 0.5) is 0 Å². The van der Waals surface area contributed by atoms with Crippen LogP contribution in [0.15, 0.2) is 24.3 Å². The number of hydrogen-bond acceptors (Lipinski definition) is 0. The maximum atomic E-state index is 6.01. The first-order chi connectivity index (χ1) is 4.69. The Kier molecular flexibility index (Phi) is 2.67. The van der Waals surface area contributed by atoms with Crippen molar-refractivity contribution in [2.24, 2.45) is 0 Å². The van der Waals surface area contributed by atoms with Crippen molar-refractivity contribution in [3.8, 4) is 0 Å². The van der Waals surface area contributed by atoms with Crippen molar-refractivity contribution in [1.29, 1.82) is 0 Å². The maximum absolute atomic E-state index is 6.01. The summed E-state index contributed by atoms with van der Waals surface area (Å²) in [4.78, 5) is -0.585. The van der Waals surface area contributed by atoms with Crippen LogP contribution in [0.1, 0.15) is 0 Å². The fourth-order valence-corrected chi connectivity index (χ4v) is 1.46. The maximum Gasteiger partial charge on any atom is 0.0962 e. The lowest BCUT2D eigenvalue weighted by Gasteiger charge is -2.25. The average Bonchev–Trinajstić information content (AvgIpc) is 1.96. The highest BCUT2D eigenvalue weighted by Gasteiger charge is 2.31. The Hall–Kier alpha value is 0.350. The van der Waals surface area contributed by atoms with Crippen molar-refractivity contribution < 1.29 is 0 Å². The van der Waals surface area contributed by atoms with E-state index < -0.39 is 4.87 Å².